The van der Waals surface area contributed by atoms with Gasteiger partial charge in [-0.1, -0.05) is 26.0 Å². The van der Waals surface area contributed by atoms with Crippen LogP contribution < -0.4 is 14.8 Å². The summed E-state index contributed by atoms with van der Waals surface area (Å²) in [5.41, 5.74) is 0.189. The molecule has 0 atom stereocenters. The first-order chi connectivity index (χ1) is 10.1. The second-order valence-electron chi connectivity index (χ2n) is 5.81. The van der Waals surface area contributed by atoms with Crippen molar-refractivity contribution in [3.63, 3.8) is 0 Å². The Hall–Kier alpha value is -1.26. The molecule has 0 aliphatic carbocycles. The summed E-state index contributed by atoms with van der Waals surface area (Å²) < 4.78 is 16.5. The van der Waals surface area contributed by atoms with E-state index in [-0.39, 0.29) is 5.41 Å². The first-order valence-corrected chi connectivity index (χ1v) is 7.63. The van der Waals surface area contributed by atoms with Gasteiger partial charge < -0.3 is 19.5 Å². The number of hydrogen-bond acceptors (Lipinski definition) is 4. The van der Waals surface area contributed by atoms with Crippen LogP contribution in [0, 0.1) is 5.41 Å². The third-order valence-electron chi connectivity index (χ3n) is 3.27. The summed E-state index contributed by atoms with van der Waals surface area (Å²) in [5, 5.41) is 3.40. The van der Waals surface area contributed by atoms with Gasteiger partial charge in [-0.3, -0.25) is 0 Å². The van der Waals surface area contributed by atoms with Gasteiger partial charge in [-0.2, -0.15) is 0 Å². The number of rotatable bonds is 11. The molecule has 4 nitrogen and oxygen atoms in total. The summed E-state index contributed by atoms with van der Waals surface area (Å²) in [5.74, 6) is 1.64. The maximum absolute atomic E-state index is 5.88. The second kappa shape index (κ2) is 9.64. The van der Waals surface area contributed by atoms with E-state index in [0.717, 1.165) is 37.6 Å². The summed E-state index contributed by atoms with van der Waals surface area (Å²) in [6, 6.07) is 7.82. The predicted octanol–water partition coefficient (Wildman–Crippen LogP) is 3.12. The molecule has 0 radical (unpaired) electrons. The summed E-state index contributed by atoms with van der Waals surface area (Å²) in [4.78, 5) is 0. The fourth-order valence-corrected chi connectivity index (χ4v) is 1.97. The van der Waals surface area contributed by atoms with Crippen LogP contribution in [-0.2, 0) is 4.74 Å². The van der Waals surface area contributed by atoms with Crippen LogP contribution in [0.4, 0.5) is 0 Å². The standard InChI is InChI=1S/C17H29NO3/c1-5-20-15-8-6-7-9-16(15)21-12-10-17(2,3)14-18-11-13-19-4/h6-9,18H,5,10-14H2,1-4H3. The number of ether oxygens (including phenoxy) is 3. The van der Waals surface area contributed by atoms with E-state index in [9.17, 15) is 0 Å². The topological polar surface area (TPSA) is 39.7 Å². The summed E-state index contributed by atoms with van der Waals surface area (Å²) in [7, 11) is 1.72. The number of benzene rings is 1. The Morgan fingerprint density at radius 3 is 2.33 bits per heavy atom. The first kappa shape index (κ1) is 17.8. The molecule has 0 spiro atoms. The normalized spacial score (nSPS) is 11.4. The molecule has 0 unspecified atom stereocenters. The van der Waals surface area contributed by atoms with Gasteiger partial charge in [-0.25, -0.2) is 0 Å². The van der Waals surface area contributed by atoms with Crippen LogP contribution in [0.1, 0.15) is 27.2 Å². The molecule has 1 aromatic rings. The quantitative estimate of drug-likeness (QED) is 0.637. The molecule has 4 heteroatoms. The van der Waals surface area contributed by atoms with Gasteiger partial charge in [0.15, 0.2) is 11.5 Å². The van der Waals surface area contributed by atoms with E-state index in [1.807, 2.05) is 31.2 Å². The van der Waals surface area contributed by atoms with Crippen molar-refractivity contribution in [1.82, 2.24) is 5.32 Å². The van der Waals surface area contributed by atoms with Crippen molar-refractivity contribution in [2.45, 2.75) is 27.2 Å². The van der Waals surface area contributed by atoms with Gasteiger partial charge in [0.1, 0.15) is 0 Å². The van der Waals surface area contributed by atoms with Gasteiger partial charge in [0.25, 0.3) is 0 Å². The third kappa shape index (κ3) is 7.34. The van der Waals surface area contributed by atoms with Crippen LogP contribution in [0.15, 0.2) is 24.3 Å². The highest BCUT2D eigenvalue weighted by molar-refractivity contribution is 5.39. The fourth-order valence-electron chi connectivity index (χ4n) is 1.97. The molecule has 1 aromatic carbocycles. The highest BCUT2D eigenvalue weighted by Crippen LogP contribution is 2.27. The van der Waals surface area contributed by atoms with Crippen LogP contribution in [0.25, 0.3) is 0 Å². The van der Waals surface area contributed by atoms with E-state index in [0.29, 0.717) is 13.2 Å². The third-order valence-corrected chi connectivity index (χ3v) is 3.27. The van der Waals surface area contributed by atoms with E-state index in [1.54, 1.807) is 7.11 Å². The molecule has 0 bridgehead atoms. The molecule has 0 fully saturated rings. The molecular weight excluding hydrogens is 266 g/mol. The van der Waals surface area contributed by atoms with Crippen LogP contribution in [0.3, 0.4) is 0 Å². The molecule has 0 heterocycles. The molecular formula is C17H29NO3. The zero-order valence-electron chi connectivity index (χ0n) is 13.8. The lowest BCUT2D eigenvalue weighted by Crippen LogP contribution is -2.32. The molecule has 0 aromatic heterocycles. The monoisotopic (exact) mass is 295 g/mol. The average molecular weight is 295 g/mol. The van der Waals surface area contributed by atoms with E-state index >= 15 is 0 Å². The average Bonchev–Trinajstić information content (AvgIpc) is 2.46. The van der Waals surface area contributed by atoms with E-state index in [2.05, 4.69) is 19.2 Å². The van der Waals surface area contributed by atoms with Crippen molar-refractivity contribution in [3.8, 4) is 11.5 Å². The van der Waals surface area contributed by atoms with Crippen molar-refractivity contribution in [3.05, 3.63) is 24.3 Å². The van der Waals surface area contributed by atoms with Gasteiger partial charge in [0, 0.05) is 20.2 Å². The maximum atomic E-state index is 5.88. The van der Waals surface area contributed by atoms with Gasteiger partial charge in [-0.15, -0.1) is 0 Å². The highest BCUT2D eigenvalue weighted by Gasteiger charge is 2.17. The maximum Gasteiger partial charge on any atom is 0.161 e. The largest absolute Gasteiger partial charge is 0.490 e. The van der Waals surface area contributed by atoms with Gasteiger partial charge in [-0.05, 0) is 30.9 Å². The molecule has 120 valence electrons. The lowest BCUT2D eigenvalue weighted by atomic mass is 9.90. The molecule has 21 heavy (non-hydrogen) atoms. The van der Waals surface area contributed by atoms with Gasteiger partial charge >= 0.3 is 0 Å². The van der Waals surface area contributed by atoms with Crippen molar-refractivity contribution in [2.75, 3.05) is 40.0 Å². The molecule has 0 amide bonds. The molecule has 0 saturated carbocycles. The van der Waals surface area contributed by atoms with Gasteiger partial charge in [0.2, 0.25) is 0 Å². The predicted molar refractivity (Wildman–Crippen MR) is 86.2 cm³/mol. The Morgan fingerprint density at radius 1 is 1.05 bits per heavy atom. The Bertz CT molecular complexity index is 393. The minimum Gasteiger partial charge on any atom is -0.490 e. The number of hydrogen-bond donors (Lipinski definition) is 1. The van der Waals surface area contributed by atoms with Gasteiger partial charge in [0.05, 0.1) is 19.8 Å². The minimum atomic E-state index is 0.189. The van der Waals surface area contributed by atoms with E-state index in [4.69, 9.17) is 14.2 Å². The first-order valence-electron chi connectivity index (χ1n) is 7.63. The SMILES string of the molecule is CCOc1ccccc1OCCC(C)(C)CNCCOC. The molecule has 1 rings (SSSR count). The van der Waals surface area contributed by atoms with E-state index < -0.39 is 0 Å². The van der Waals surface area contributed by atoms with Crippen molar-refractivity contribution in [1.29, 1.82) is 0 Å². The Balaban J connectivity index is 2.34. The molecule has 0 aliphatic heterocycles. The number of methoxy groups -OCH3 is 1. The van der Waals surface area contributed by atoms with Crippen molar-refractivity contribution in [2.24, 2.45) is 5.41 Å². The molecule has 0 saturated heterocycles. The van der Waals surface area contributed by atoms with Crippen molar-refractivity contribution < 1.29 is 14.2 Å². The fraction of sp³-hybridized carbons (Fsp3) is 0.647. The zero-order chi connectivity index (χ0) is 15.6. The van der Waals surface area contributed by atoms with Crippen LogP contribution in [-0.4, -0.2) is 40.0 Å². The summed E-state index contributed by atoms with van der Waals surface area (Å²) in [6.07, 6.45) is 0.980. The highest BCUT2D eigenvalue weighted by atomic mass is 16.5. The smallest absolute Gasteiger partial charge is 0.161 e. The lowest BCUT2D eigenvalue weighted by molar-refractivity contribution is 0.184. The Labute approximate surface area is 128 Å². The van der Waals surface area contributed by atoms with Crippen LogP contribution >= 0.6 is 0 Å². The second-order valence-corrected chi connectivity index (χ2v) is 5.81. The van der Waals surface area contributed by atoms with Crippen molar-refractivity contribution >= 4 is 0 Å². The molecule has 1 N–H and O–H groups in total. The number of nitrogens with one attached hydrogen (secondary N) is 1. The Kier molecular flexibility index (Phi) is 8.16. The lowest BCUT2D eigenvalue weighted by Gasteiger charge is -2.25. The zero-order valence-corrected chi connectivity index (χ0v) is 13.8. The summed E-state index contributed by atoms with van der Waals surface area (Å²) in [6.45, 7) is 10.4. The van der Waals surface area contributed by atoms with Crippen LogP contribution in [0.2, 0.25) is 0 Å². The van der Waals surface area contributed by atoms with Crippen LogP contribution in [0.5, 0.6) is 11.5 Å². The molecule has 0 aliphatic rings. The number of para-hydroxylation sites is 2. The minimum absolute atomic E-state index is 0.189. The van der Waals surface area contributed by atoms with E-state index in [1.165, 1.54) is 0 Å². The Morgan fingerprint density at radius 2 is 1.71 bits per heavy atom. The summed E-state index contributed by atoms with van der Waals surface area (Å²) >= 11 is 0.